The number of hydrogen-bond acceptors (Lipinski definition) is 4. The van der Waals surface area contributed by atoms with Crippen molar-refractivity contribution >= 4 is 12.1 Å². The van der Waals surface area contributed by atoms with Gasteiger partial charge in [0.25, 0.3) is 0 Å². The van der Waals surface area contributed by atoms with Crippen LogP contribution in [0.15, 0.2) is 53.6 Å². The molecule has 108 valence electrons. The highest BCUT2D eigenvalue weighted by atomic mass is 16.5. The summed E-state index contributed by atoms with van der Waals surface area (Å²) in [5.74, 6) is 0.121. The Kier molecular flexibility index (Phi) is 4.93. The number of phenols is 1. The minimum absolute atomic E-state index is 0.0129. The van der Waals surface area contributed by atoms with Crippen LogP contribution in [0.4, 0.5) is 0 Å². The fraction of sp³-hybridized carbons (Fsp3) is 0.125. The topological polar surface area (TPSA) is 70.9 Å². The van der Waals surface area contributed by atoms with Crippen LogP contribution in [-0.4, -0.2) is 24.3 Å². The molecule has 0 atom stereocenters. The fourth-order valence-corrected chi connectivity index (χ4v) is 1.80. The Balaban J connectivity index is 1.95. The van der Waals surface area contributed by atoms with E-state index in [-0.39, 0.29) is 18.1 Å². The molecule has 0 aliphatic heterocycles. The van der Waals surface area contributed by atoms with Crippen molar-refractivity contribution in [3.05, 3.63) is 59.7 Å². The van der Waals surface area contributed by atoms with Crippen LogP contribution in [0.25, 0.3) is 0 Å². The van der Waals surface area contributed by atoms with Crippen molar-refractivity contribution in [1.29, 1.82) is 0 Å². The van der Waals surface area contributed by atoms with Crippen molar-refractivity contribution < 1.29 is 14.6 Å². The molecule has 0 heterocycles. The summed E-state index contributed by atoms with van der Waals surface area (Å²) in [6.45, 7) is 0. The summed E-state index contributed by atoms with van der Waals surface area (Å²) < 4.78 is 4.99. The van der Waals surface area contributed by atoms with Crippen LogP contribution in [0.3, 0.4) is 0 Å². The lowest BCUT2D eigenvalue weighted by Crippen LogP contribution is -2.19. The summed E-state index contributed by atoms with van der Waals surface area (Å²) in [6, 6.07) is 14.4. The largest absolute Gasteiger partial charge is 0.504 e. The molecular formula is C16H16N2O3. The van der Waals surface area contributed by atoms with Crippen LogP contribution in [0.5, 0.6) is 11.5 Å². The number of carbonyl (C=O) groups excluding carboxylic acids is 1. The summed E-state index contributed by atoms with van der Waals surface area (Å²) in [5.41, 5.74) is 3.80. The molecule has 0 aromatic heterocycles. The summed E-state index contributed by atoms with van der Waals surface area (Å²) >= 11 is 0. The number of nitrogens with zero attached hydrogens (tertiary/aromatic N) is 1. The molecule has 0 spiro atoms. The predicted octanol–water partition coefficient (Wildman–Crippen LogP) is 2.09. The second-order valence-electron chi connectivity index (χ2n) is 4.35. The third-order valence-electron chi connectivity index (χ3n) is 2.85. The summed E-state index contributed by atoms with van der Waals surface area (Å²) in [6.07, 6.45) is 1.63. The van der Waals surface area contributed by atoms with E-state index in [9.17, 15) is 9.90 Å². The molecule has 2 aromatic rings. The zero-order valence-electron chi connectivity index (χ0n) is 11.6. The number of hydrogen-bond donors (Lipinski definition) is 2. The number of para-hydroxylation sites is 1. The minimum atomic E-state index is -0.222. The molecule has 0 saturated carbocycles. The Hall–Kier alpha value is -2.82. The second kappa shape index (κ2) is 7.09. The molecule has 2 N–H and O–H groups in total. The number of carbonyl (C=O) groups is 1. The Bertz CT molecular complexity index is 639. The average molecular weight is 284 g/mol. The van der Waals surface area contributed by atoms with Gasteiger partial charge in [-0.1, -0.05) is 36.4 Å². The maximum absolute atomic E-state index is 11.7. The molecule has 2 aromatic carbocycles. The summed E-state index contributed by atoms with van der Waals surface area (Å²) in [4.78, 5) is 11.7. The number of ether oxygens (including phenoxy) is 1. The van der Waals surface area contributed by atoms with E-state index in [2.05, 4.69) is 10.5 Å². The lowest BCUT2D eigenvalue weighted by molar-refractivity contribution is -0.120. The van der Waals surface area contributed by atoms with Crippen molar-refractivity contribution in [2.24, 2.45) is 5.10 Å². The first-order valence-corrected chi connectivity index (χ1v) is 6.42. The highest BCUT2D eigenvalue weighted by Crippen LogP contribution is 2.27. The van der Waals surface area contributed by atoms with E-state index in [1.807, 2.05) is 30.3 Å². The Morgan fingerprint density at radius 3 is 2.71 bits per heavy atom. The molecule has 1 amide bonds. The number of aromatic hydroxyl groups is 1. The molecule has 0 bridgehead atoms. The van der Waals surface area contributed by atoms with Gasteiger partial charge in [-0.3, -0.25) is 4.79 Å². The number of amides is 1. The standard InChI is InChI=1S/C16H16N2O3/c1-21-14-9-5-8-13(16(14)20)11-17-18-15(19)10-12-6-3-2-4-7-12/h2-9,11,20H,10H2,1H3,(H,18,19)/b17-11+. The molecule has 0 aliphatic carbocycles. The van der Waals surface area contributed by atoms with Gasteiger partial charge >= 0.3 is 0 Å². The van der Waals surface area contributed by atoms with Gasteiger partial charge in [-0.25, -0.2) is 5.43 Å². The van der Waals surface area contributed by atoms with Crippen LogP contribution in [-0.2, 0) is 11.2 Å². The highest BCUT2D eigenvalue weighted by molar-refractivity contribution is 5.86. The summed E-state index contributed by atoms with van der Waals surface area (Å²) in [5, 5.41) is 13.7. The smallest absolute Gasteiger partial charge is 0.244 e. The van der Waals surface area contributed by atoms with Crippen LogP contribution in [0, 0.1) is 0 Å². The molecule has 0 unspecified atom stereocenters. The molecular weight excluding hydrogens is 268 g/mol. The lowest BCUT2D eigenvalue weighted by atomic mass is 10.1. The van der Waals surface area contributed by atoms with Gasteiger partial charge < -0.3 is 9.84 Å². The Labute approximate surface area is 122 Å². The van der Waals surface area contributed by atoms with Gasteiger partial charge in [-0.05, 0) is 17.7 Å². The van der Waals surface area contributed by atoms with Crippen LogP contribution < -0.4 is 10.2 Å². The molecule has 0 fully saturated rings. The number of phenolic OH excluding ortho intramolecular Hbond substituents is 1. The van der Waals surface area contributed by atoms with Gasteiger partial charge in [0.15, 0.2) is 11.5 Å². The fourth-order valence-electron chi connectivity index (χ4n) is 1.80. The van der Waals surface area contributed by atoms with Crippen molar-refractivity contribution in [2.45, 2.75) is 6.42 Å². The SMILES string of the molecule is COc1cccc(/C=N/NC(=O)Cc2ccccc2)c1O. The zero-order valence-corrected chi connectivity index (χ0v) is 11.6. The first-order chi connectivity index (χ1) is 10.2. The van der Waals surface area contributed by atoms with Crippen molar-refractivity contribution in [3.8, 4) is 11.5 Å². The molecule has 0 aliphatic rings. The van der Waals surface area contributed by atoms with E-state index in [1.165, 1.54) is 13.3 Å². The van der Waals surface area contributed by atoms with Crippen LogP contribution >= 0.6 is 0 Å². The Morgan fingerprint density at radius 2 is 2.00 bits per heavy atom. The molecule has 21 heavy (non-hydrogen) atoms. The number of rotatable bonds is 5. The summed E-state index contributed by atoms with van der Waals surface area (Å²) in [7, 11) is 1.47. The van der Waals surface area contributed by atoms with Gasteiger partial charge in [-0.2, -0.15) is 5.10 Å². The van der Waals surface area contributed by atoms with Crippen molar-refractivity contribution in [1.82, 2.24) is 5.43 Å². The van der Waals surface area contributed by atoms with Gasteiger partial charge in [-0.15, -0.1) is 0 Å². The first kappa shape index (κ1) is 14.6. The predicted molar refractivity (Wildman–Crippen MR) is 80.5 cm³/mol. The number of nitrogens with one attached hydrogen (secondary N) is 1. The monoisotopic (exact) mass is 284 g/mol. The quantitative estimate of drug-likeness (QED) is 0.652. The highest BCUT2D eigenvalue weighted by Gasteiger charge is 2.05. The van der Waals surface area contributed by atoms with Gasteiger partial charge in [0.2, 0.25) is 5.91 Å². The van der Waals surface area contributed by atoms with E-state index in [1.54, 1.807) is 18.2 Å². The second-order valence-corrected chi connectivity index (χ2v) is 4.35. The van der Waals surface area contributed by atoms with Gasteiger partial charge in [0.05, 0.1) is 19.7 Å². The van der Waals surface area contributed by atoms with E-state index >= 15 is 0 Å². The normalized spacial score (nSPS) is 10.5. The van der Waals surface area contributed by atoms with E-state index < -0.39 is 0 Å². The van der Waals surface area contributed by atoms with Gasteiger partial charge in [0.1, 0.15) is 0 Å². The van der Waals surface area contributed by atoms with Crippen LogP contribution in [0.1, 0.15) is 11.1 Å². The zero-order chi connectivity index (χ0) is 15.1. The minimum Gasteiger partial charge on any atom is -0.504 e. The molecule has 0 saturated heterocycles. The first-order valence-electron chi connectivity index (χ1n) is 6.42. The molecule has 2 rings (SSSR count). The lowest BCUT2D eigenvalue weighted by Gasteiger charge is -2.05. The van der Waals surface area contributed by atoms with E-state index in [4.69, 9.17) is 4.74 Å². The van der Waals surface area contributed by atoms with Crippen molar-refractivity contribution in [3.63, 3.8) is 0 Å². The maximum Gasteiger partial charge on any atom is 0.244 e. The Morgan fingerprint density at radius 1 is 1.24 bits per heavy atom. The average Bonchev–Trinajstić information content (AvgIpc) is 2.50. The number of benzene rings is 2. The number of hydrazone groups is 1. The van der Waals surface area contributed by atoms with Crippen molar-refractivity contribution in [2.75, 3.05) is 7.11 Å². The molecule has 0 radical (unpaired) electrons. The third-order valence-corrected chi connectivity index (χ3v) is 2.85. The maximum atomic E-state index is 11.7. The third kappa shape index (κ3) is 4.07. The van der Waals surface area contributed by atoms with E-state index in [0.717, 1.165) is 5.56 Å². The van der Waals surface area contributed by atoms with E-state index in [0.29, 0.717) is 11.3 Å². The molecule has 5 heteroatoms. The van der Waals surface area contributed by atoms with Crippen LogP contribution in [0.2, 0.25) is 0 Å². The number of methoxy groups -OCH3 is 1. The van der Waals surface area contributed by atoms with Gasteiger partial charge in [0, 0.05) is 5.56 Å². The molecule has 5 nitrogen and oxygen atoms in total.